The van der Waals surface area contributed by atoms with Crippen molar-refractivity contribution in [2.24, 2.45) is 0 Å². The number of hydrogen-bond acceptors (Lipinski definition) is 4. The molecule has 0 aliphatic rings. The maximum absolute atomic E-state index is 12.2. The molecule has 6 nitrogen and oxygen atoms in total. The summed E-state index contributed by atoms with van der Waals surface area (Å²) in [6.45, 7) is 0.522. The van der Waals surface area contributed by atoms with Gasteiger partial charge in [-0.2, -0.15) is 5.10 Å². The summed E-state index contributed by atoms with van der Waals surface area (Å²) in [6.07, 6.45) is 4.31. The Balaban J connectivity index is 1.26. The first-order chi connectivity index (χ1) is 13.8. The highest BCUT2D eigenvalue weighted by molar-refractivity contribution is 5.78. The summed E-state index contributed by atoms with van der Waals surface area (Å²) in [7, 11) is 0. The first-order valence-corrected chi connectivity index (χ1v) is 9.14. The van der Waals surface area contributed by atoms with Crippen molar-refractivity contribution in [3.8, 4) is 17.1 Å². The van der Waals surface area contributed by atoms with E-state index < -0.39 is 0 Å². The van der Waals surface area contributed by atoms with Gasteiger partial charge in [0.05, 0.1) is 23.5 Å². The third-order valence-electron chi connectivity index (χ3n) is 4.28. The van der Waals surface area contributed by atoms with Crippen molar-refractivity contribution in [1.29, 1.82) is 0 Å². The molecule has 0 aliphatic heterocycles. The van der Waals surface area contributed by atoms with Crippen LogP contribution in [0.15, 0.2) is 83.6 Å². The van der Waals surface area contributed by atoms with E-state index in [4.69, 9.17) is 4.42 Å². The zero-order chi connectivity index (χ0) is 19.2. The number of amides is 1. The maximum atomic E-state index is 12.2. The molecule has 0 saturated heterocycles. The van der Waals surface area contributed by atoms with Gasteiger partial charge in [0.25, 0.3) is 0 Å². The third kappa shape index (κ3) is 4.35. The molecule has 0 fully saturated rings. The van der Waals surface area contributed by atoms with Gasteiger partial charge in [0.2, 0.25) is 11.8 Å². The Labute approximate surface area is 162 Å². The molecule has 0 radical (unpaired) electrons. The molecule has 140 valence electrons. The molecule has 2 aromatic carbocycles. The van der Waals surface area contributed by atoms with Crippen LogP contribution in [-0.2, 0) is 17.6 Å². The van der Waals surface area contributed by atoms with Gasteiger partial charge in [-0.15, -0.1) is 0 Å². The van der Waals surface area contributed by atoms with Crippen molar-refractivity contribution in [3.63, 3.8) is 0 Å². The molecule has 0 aliphatic carbocycles. The number of aromatic nitrogens is 3. The first kappa shape index (κ1) is 17.7. The Hall–Kier alpha value is -3.67. The fourth-order valence-electron chi connectivity index (χ4n) is 2.88. The molecule has 0 unspecified atom stereocenters. The molecular formula is C22H20N4O2. The normalized spacial score (nSPS) is 10.7. The number of nitrogens with one attached hydrogen (secondary N) is 1. The number of oxazole rings is 1. The van der Waals surface area contributed by atoms with Gasteiger partial charge >= 0.3 is 0 Å². The highest BCUT2D eigenvalue weighted by Crippen LogP contribution is 2.18. The van der Waals surface area contributed by atoms with Crippen LogP contribution >= 0.6 is 0 Å². The average molecular weight is 372 g/mol. The smallest absolute Gasteiger partial charge is 0.226 e. The molecular weight excluding hydrogens is 352 g/mol. The van der Waals surface area contributed by atoms with Crippen molar-refractivity contribution in [2.75, 3.05) is 6.54 Å². The minimum absolute atomic E-state index is 0.0876. The van der Waals surface area contributed by atoms with Crippen LogP contribution in [0.4, 0.5) is 0 Å². The van der Waals surface area contributed by atoms with Crippen molar-refractivity contribution in [3.05, 3.63) is 90.6 Å². The number of carbonyl (C=O) groups is 1. The summed E-state index contributed by atoms with van der Waals surface area (Å²) in [4.78, 5) is 16.5. The molecule has 0 spiro atoms. The maximum Gasteiger partial charge on any atom is 0.226 e. The zero-order valence-corrected chi connectivity index (χ0v) is 15.3. The summed E-state index contributed by atoms with van der Waals surface area (Å²) in [6, 6.07) is 21.5. The van der Waals surface area contributed by atoms with Crippen LogP contribution in [0.25, 0.3) is 17.1 Å². The molecule has 1 N–H and O–H groups in total. The topological polar surface area (TPSA) is 73.0 Å². The van der Waals surface area contributed by atoms with Crippen molar-refractivity contribution < 1.29 is 9.21 Å². The van der Waals surface area contributed by atoms with Crippen molar-refractivity contribution >= 4 is 5.91 Å². The van der Waals surface area contributed by atoms with Gasteiger partial charge in [-0.05, 0) is 30.3 Å². The van der Waals surface area contributed by atoms with Crippen LogP contribution in [0.2, 0.25) is 0 Å². The first-order valence-electron chi connectivity index (χ1n) is 9.14. The number of hydrogen-bond donors (Lipinski definition) is 1. The largest absolute Gasteiger partial charge is 0.444 e. The lowest BCUT2D eigenvalue weighted by molar-refractivity contribution is -0.120. The van der Waals surface area contributed by atoms with E-state index in [-0.39, 0.29) is 12.3 Å². The standard InChI is InChI=1S/C22H20N4O2/c27-21(15-19-16-28-22(24-19)17-7-3-1-4-8-17)23-13-11-18-12-14-26(25-18)20-9-5-2-6-10-20/h1-10,12,14,16H,11,13,15H2,(H,23,27). The minimum atomic E-state index is -0.0876. The zero-order valence-electron chi connectivity index (χ0n) is 15.3. The predicted molar refractivity (Wildman–Crippen MR) is 106 cm³/mol. The Bertz CT molecular complexity index is 1040. The van der Waals surface area contributed by atoms with Gasteiger partial charge < -0.3 is 9.73 Å². The monoisotopic (exact) mass is 372 g/mol. The Morgan fingerprint density at radius 3 is 2.50 bits per heavy atom. The van der Waals surface area contributed by atoms with Crippen molar-refractivity contribution in [2.45, 2.75) is 12.8 Å². The van der Waals surface area contributed by atoms with Crippen LogP contribution < -0.4 is 5.32 Å². The summed E-state index contributed by atoms with van der Waals surface area (Å²) in [5.74, 6) is 0.435. The summed E-state index contributed by atoms with van der Waals surface area (Å²) < 4.78 is 7.30. The highest BCUT2D eigenvalue weighted by atomic mass is 16.3. The van der Waals surface area contributed by atoms with Crippen LogP contribution in [0, 0.1) is 0 Å². The number of nitrogens with zero attached hydrogens (tertiary/aromatic N) is 3. The molecule has 1 amide bonds. The van der Waals surface area contributed by atoms with E-state index in [0.717, 1.165) is 16.9 Å². The lowest BCUT2D eigenvalue weighted by Crippen LogP contribution is -2.27. The van der Waals surface area contributed by atoms with Crippen LogP contribution in [0.1, 0.15) is 11.4 Å². The minimum Gasteiger partial charge on any atom is -0.444 e. The van der Waals surface area contributed by atoms with Gasteiger partial charge in [-0.1, -0.05) is 36.4 Å². The van der Waals surface area contributed by atoms with Gasteiger partial charge in [0.1, 0.15) is 6.26 Å². The quantitative estimate of drug-likeness (QED) is 0.539. The van der Waals surface area contributed by atoms with Crippen LogP contribution in [0.5, 0.6) is 0 Å². The third-order valence-corrected chi connectivity index (χ3v) is 4.28. The summed E-state index contributed by atoms with van der Waals surface area (Å²) in [5.41, 5.74) is 3.45. The highest BCUT2D eigenvalue weighted by Gasteiger charge is 2.10. The second-order valence-electron chi connectivity index (χ2n) is 6.37. The molecule has 28 heavy (non-hydrogen) atoms. The second kappa shape index (κ2) is 8.35. The van der Waals surface area contributed by atoms with E-state index in [9.17, 15) is 4.79 Å². The van der Waals surface area contributed by atoms with Crippen molar-refractivity contribution in [1.82, 2.24) is 20.1 Å². The lowest BCUT2D eigenvalue weighted by Gasteiger charge is -2.03. The van der Waals surface area contributed by atoms with Gasteiger partial charge in [0, 0.05) is 24.7 Å². The molecule has 0 atom stereocenters. The molecule has 2 aromatic heterocycles. The second-order valence-corrected chi connectivity index (χ2v) is 6.37. The van der Waals surface area contributed by atoms with E-state index in [0.29, 0.717) is 24.6 Å². The lowest BCUT2D eigenvalue weighted by atomic mass is 10.2. The van der Waals surface area contributed by atoms with Gasteiger partial charge in [-0.3, -0.25) is 4.79 Å². The van der Waals surface area contributed by atoms with Gasteiger partial charge in [0.15, 0.2) is 0 Å². The molecule has 6 heteroatoms. The van der Waals surface area contributed by atoms with E-state index in [1.807, 2.05) is 77.6 Å². The SMILES string of the molecule is O=C(Cc1coc(-c2ccccc2)n1)NCCc1ccn(-c2ccccc2)n1. The Kier molecular flexibility index (Phi) is 5.29. The summed E-state index contributed by atoms with van der Waals surface area (Å²) in [5, 5.41) is 7.44. The van der Waals surface area contributed by atoms with E-state index in [1.165, 1.54) is 6.26 Å². The fourth-order valence-corrected chi connectivity index (χ4v) is 2.88. The Morgan fingerprint density at radius 2 is 1.71 bits per heavy atom. The number of rotatable bonds is 7. The average Bonchev–Trinajstić information content (AvgIpc) is 3.39. The molecule has 4 rings (SSSR count). The summed E-state index contributed by atoms with van der Waals surface area (Å²) >= 11 is 0. The Morgan fingerprint density at radius 1 is 0.964 bits per heavy atom. The van der Waals surface area contributed by atoms with Gasteiger partial charge in [-0.25, -0.2) is 9.67 Å². The predicted octanol–water partition coefficient (Wildman–Crippen LogP) is 3.43. The van der Waals surface area contributed by atoms with E-state index in [2.05, 4.69) is 15.4 Å². The van der Waals surface area contributed by atoms with E-state index >= 15 is 0 Å². The fraction of sp³-hybridized carbons (Fsp3) is 0.136. The number of para-hydroxylation sites is 1. The van der Waals surface area contributed by atoms with E-state index in [1.54, 1.807) is 0 Å². The number of benzene rings is 2. The molecule has 4 aromatic rings. The molecule has 2 heterocycles. The van der Waals surface area contributed by atoms with Crippen LogP contribution in [0.3, 0.4) is 0 Å². The number of carbonyl (C=O) groups excluding carboxylic acids is 1. The van der Waals surface area contributed by atoms with Crippen LogP contribution in [-0.4, -0.2) is 27.2 Å². The molecule has 0 saturated carbocycles. The molecule has 0 bridgehead atoms.